The lowest BCUT2D eigenvalue weighted by Gasteiger charge is -2.15. The molecule has 0 saturated heterocycles. The molecule has 84 valence electrons. The van der Waals surface area contributed by atoms with Crippen molar-refractivity contribution in [1.29, 1.82) is 0 Å². The molecule has 0 fully saturated rings. The van der Waals surface area contributed by atoms with Crippen LogP contribution in [0.4, 0.5) is 0 Å². The van der Waals surface area contributed by atoms with Gasteiger partial charge in [0.15, 0.2) is 0 Å². The summed E-state index contributed by atoms with van der Waals surface area (Å²) < 4.78 is 4.99. The highest BCUT2D eigenvalue weighted by Gasteiger charge is 2.01. The Morgan fingerprint density at radius 2 is 2.20 bits per heavy atom. The van der Waals surface area contributed by atoms with Gasteiger partial charge in [-0.25, -0.2) is 4.98 Å². The summed E-state index contributed by atoms with van der Waals surface area (Å²) in [4.78, 5) is 10.3. The molecule has 0 amide bonds. The van der Waals surface area contributed by atoms with Gasteiger partial charge in [0.05, 0.1) is 18.1 Å². The van der Waals surface area contributed by atoms with Gasteiger partial charge < -0.3 is 9.64 Å². The van der Waals surface area contributed by atoms with E-state index in [2.05, 4.69) is 14.9 Å². The maximum absolute atomic E-state index is 5.65. The molecule has 0 aliphatic carbocycles. The molecule has 0 atom stereocenters. The van der Waals surface area contributed by atoms with Crippen molar-refractivity contribution in [3.05, 3.63) is 23.2 Å². The molecule has 0 saturated carbocycles. The fraction of sp³-hybridized carbons (Fsp3) is 0.600. The molecule has 0 aliphatic heterocycles. The Balaban J connectivity index is 2.31. The smallest absolute Gasteiger partial charge is 0.147 e. The van der Waals surface area contributed by atoms with Crippen molar-refractivity contribution in [1.82, 2.24) is 14.9 Å². The molecule has 0 bridgehead atoms. The van der Waals surface area contributed by atoms with Crippen LogP contribution in [-0.2, 0) is 11.3 Å². The molecular formula is C10H16ClN3O. The third-order valence-electron chi connectivity index (χ3n) is 1.99. The van der Waals surface area contributed by atoms with Crippen LogP contribution in [0.1, 0.15) is 12.1 Å². The van der Waals surface area contributed by atoms with Gasteiger partial charge in [0.2, 0.25) is 0 Å². The summed E-state index contributed by atoms with van der Waals surface area (Å²) in [7, 11) is 3.76. The van der Waals surface area contributed by atoms with Crippen LogP contribution in [0.25, 0.3) is 0 Å². The van der Waals surface area contributed by atoms with Gasteiger partial charge in [-0.15, -0.1) is 0 Å². The fourth-order valence-corrected chi connectivity index (χ4v) is 1.35. The molecule has 1 aromatic heterocycles. The van der Waals surface area contributed by atoms with Crippen LogP contribution in [0.5, 0.6) is 0 Å². The van der Waals surface area contributed by atoms with Gasteiger partial charge in [-0.2, -0.15) is 0 Å². The topological polar surface area (TPSA) is 38.2 Å². The second kappa shape index (κ2) is 6.71. The minimum absolute atomic E-state index is 0.431. The maximum Gasteiger partial charge on any atom is 0.147 e. The molecule has 1 rings (SSSR count). The van der Waals surface area contributed by atoms with Crippen LogP contribution in [0, 0.1) is 0 Å². The summed E-state index contributed by atoms with van der Waals surface area (Å²) in [5.74, 6) is 0. The maximum atomic E-state index is 5.65. The third-order valence-corrected chi connectivity index (χ3v) is 2.19. The molecule has 15 heavy (non-hydrogen) atoms. The predicted molar refractivity (Wildman–Crippen MR) is 59.9 cm³/mol. The predicted octanol–water partition coefficient (Wildman–Crippen LogP) is 1.60. The summed E-state index contributed by atoms with van der Waals surface area (Å²) in [6.07, 6.45) is 4.29. The molecule has 0 aliphatic rings. The van der Waals surface area contributed by atoms with Crippen molar-refractivity contribution in [2.75, 3.05) is 27.3 Å². The fourth-order valence-electron chi connectivity index (χ4n) is 1.26. The van der Waals surface area contributed by atoms with Crippen molar-refractivity contribution in [2.24, 2.45) is 0 Å². The molecule has 0 radical (unpaired) electrons. The monoisotopic (exact) mass is 229 g/mol. The summed E-state index contributed by atoms with van der Waals surface area (Å²) in [6.45, 7) is 2.56. The van der Waals surface area contributed by atoms with E-state index in [1.165, 1.54) is 0 Å². The lowest BCUT2D eigenvalue weighted by molar-refractivity contribution is 0.177. The third kappa shape index (κ3) is 5.06. The van der Waals surface area contributed by atoms with Crippen molar-refractivity contribution < 1.29 is 4.74 Å². The Morgan fingerprint density at radius 3 is 2.80 bits per heavy atom. The first-order chi connectivity index (χ1) is 7.22. The van der Waals surface area contributed by atoms with E-state index in [-0.39, 0.29) is 0 Å². The molecular weight excluding hydrogens is 214 g/mol. The Hall–Kier alpha value is -0.710. The Bertz CT molecular complexity index is 279. The second-order valence-corrected chi connectivity index (χ2v) is 3.80. The zero-order valence-corrected chi connectivity index (χ0v) is 9.87. The molecule has 0 spiro atoms. The SMILES string of the molecule is COCCCN(C)Cc1cnc(Cl)cn1. The van der Waals surface area contributed by atoms with E-state index in [0.717, 1.165) is 31.8 Å². The Kier molecular flexibility index (Phi) is 5.53. The molecule has 0 unspecified atom stereocenters. The van der Waals surface area contributed by atoms with E-state index in [0.29, 0.717) is 5.15 Å². The number of hydrogen-bond donors (Lipinski definition) is 0. The van der Waals surface area contributed by atoms with Crippen LogP contribution in [0.2, 0.25) is 5.15 Å². The average Bonchev–Trinajstić information content (AvgIpc) is 2.22. The largest absolute Gasteiger partial charge is 0.385 e. The second-order valence-electron chi connectivity index (χ2n) is 3.41. The zero-order chi connectivity index (χ0) is 11.1. The highest BCUT2D eigenvalue weighted by atomic mass is 35.5. The lowest BCUT2D eigenvalue weighted by Crippen LogP contribution is -2.20. The van der Waals surface area contributed by atoms with Gasteiger partial charge in [-0.05, 0) is 13.5 Å². The minimum Gasteiger partial charge on any atom is -0.385 e. The number of hydrogen-bond acceptors (Lipinski definition) is 4. The normalized spacial score (nSPS) is 10.9. The summed E-state index contributed by atoms with van der Waals surface area (Å²) in [6, 6.07) is 0. The molecule has 5 heteroatoms. The van der Waals surface area contributed by atoms with Crippen molar-refractivity contribution in [3.8, 4) is 0 Å². The van der Waals surface area contributed by atoms with Gasteiger partial charge in [-0.3, -0.25) is 4.98 Å². The number of aromatic nitrogens is 2. The number of methoxy groups -OCH3 is 1. The number of rotatable bonds is 6. The average molecular weight is 230 g/mol. The minimum atomic E-state index is 0.431. The van der Waals surface area contributed by atoms with Crippen LogP contribution < -0.4 is 0 Å². The van der Waals surface area contributed by atoms with E-state index in [1.807, 2.05) is 7.05 Å². The lowest BCUT2D eigenvalue weighted by atomic mass is 10.3. The Morgan fingerprint density at radius 1 is 1.40 bits per heavy atom. The number of ether oxygens (including phenoxy) is 1. The van der Waals surface area contributed by atoms with E-state index in [4.69, 9.17) is 16.3 Å². The first kappa shape index (κ1) is 12.4. The highest BCUT2D eigenvalue weighted by molar-refractivity contribution is 6.29. The van der Waals surface area contributed by atoms with Gasteiger partial charge in [0.1, 0.15) is 5.15 Å². The molecule has 1 aromatic rings. The Labute approximate surface area is 95.2 Å². The molecule has 4 nitrogen and oxygen atoms in total. The van der Waals surface area contributed by atoms with Gasteiger partial charge in [0.25, 0.3) is 0 Å². The quantitative estimate of drug-likeness (QED) is 0.695. The molecule has 0 N–H and O–H groups in total. The summed E-state index contributed by atoms with van der Waals surface area (Å²) in [5.41, 5.74) is 0.930. The van der Waals surface area contributed by atoms with Crippen LogP contribution in [-0.4, -0.2) is 42.2 Å². The van der Waals surface area contributed by atoms with E-state index in [1.54, 1.807) is 19.5 Å². The van der Waals surface area contributed by atoms with Gasteiger partial charge in [0, 0.05) is 26.8 Å². The van der Waals surface area contributed by atoms with Crippen LogP contribution in [0.15, 0.2) is 12.4 Å². The first-order valence-electron chi connectivity index (χ1n) is 4.86. The standard InChI is InChI=1S/C10H16ClN3O/c1-14(4-3-5-15-2)8-9-6-13-10(11)7-12-9/h6-7H,3-5,8H2,1-2H3. The van der Waals surface area contributed by atoms with E-state index >= 15 is 0 Å². The van der Waals surface area contributed by atoms with E-state index in [9.17, 15) is 0 Å². The summed E-state index contributed by atoms with van der Waals surface area (Å²) in [5, 5.41) is 0.431. The van der Waals surface area contributed by atoms with Crippen LogP contribution >= 0.6 is 11.6 Å². The zero-order valence-electron chi connectivity index (χ0n) is 9.11. The van der Waals surface area contributed by atoms with Crippen molar-refractivity contribution in [3.63, 3.8) is 0 Å². The van der Waals surface area contributed by atoms with E-state index < -0.39 is 0 Å². The molecule has 1 heterocycles. The van der Waals surface area contributed by atoms with Gasteiger partial charge >= 0.3 is 0 Å². The molecule has 0 aromatic carbocycles. The number of halogens is 1. The number of nitrogens with zero attached hydrogens (tertiary/aromatic N) is 3. The summed E-state index contributed by atoms with van der Waals surface area (Å²) >= 11 is 5.65. The van der Waals surface area contributed by atoms with Crippen LogP contribution in [0.3, 0.4) is 0 Å². The van der Waals surface area contributed by atoms with Crippen molar-refractivity contribution in [2.45, 2.75) is 13.0 Å². The first-order valence-corrected chi connectivity index (χ1v) is 5.24. The van der Waals surface area contributed by atoms with Crippen molar-refractivity contribution >= 4 is 11.6 Å². The highest BCUT2D eigenvalue weighted by Crippen LogP contribution is 2.03. The van der Waals surface area contributed by atoms with Gasteiger partial charge in [-0.1, -0.05) is 11.6 Å².